The zero-order valence-electron chi connectivity index (χ0n) is 12.8. The molecule has 0 aromatic heterocycles. The minimum Gasteiger partial charge on any atom is -0.444 e. The molecular formula is C10H18N2O9S2. The summed E-state index contributed by atoms with van der Waals surface area (Å²) >= 11 is 0. The van der Waals surface area contributed by atoms with Crippen LogP contribution in [0.2, 0.25) is 0 Å². The zero-order valence-corrected chi connectivity index (χ0v) is 14.5. The highest BCUT2D eigenvalue weighted by atomic mass is 32.2. The molecule has 11 nitrogen and oxygen atoms in total. The number of ether oxygens (including phenoxy) is 1. The van der Waals surface area contributed by atoms with Crippen molar-refractivity contribution in [3.63, 3.8) is 0 Å². The first kappa shape index (κ1) is 19.6. The zero-order chi connectivity index (χ0) is 18.2. The number of carbonyl (C=O) groups is 2. The molecule has 134 valence electrons. The van der Waals surface area contributed by atoms with Crippen molar-refractivity contribution >= 4 is 32.4 Å². The van der Waals surface area contributed by atoms with Gasteiger partial charge in [-0.25, -0.2) is 9.10 Å². The summed E-state index contributed by atoms with van der Waals surface area (Å²) in [7, 11) is -8.84. The first-order valence-electron chi connectivity index (χ1n) is 6.26. The van der Waals surface area contributed by atoms with Gasteiger partial charge in [0.15, 0.2) is 0 Å². The van der Waals surface area contributed by atoms with Crippen molar-refractivity contribution in [1.82, 2.24) is 9.62 Å². The van der Waals surface area contributed by atoms with Gasteiger partial charge in [-0.3, -0.25) is 13.5 Å². The highest BCUT2D eigenvalue weighted by Crippen LogP contribution is 2.24. The number of nitrogens with one attached hydrogen (secondary N) is 1. The van der Waals surface area contributed by atoms with Crippen LogP contribution in [0.3, 0.4) is 0 Å². The average Bonchev–Trinajstić information content (AvgIpc) is 2.25. The van der Waals surface area contributed by atoms with Crippen molar-refractivity contribution in [1.29, 1.82) is 0 Å². The summed E-state index contributed by atoms with van der Waals surface area (Å²) in [6.45, 7) is 3.96. The van der Waals surface area contributed by atoms with E-state index in [2.05, 4.69) is 9.50 Å². The van der Waals surface area contributed by atoms with Crippen molar-refractivity contribution in [3.05, 3.63) is 0 Å². The Morgan fingerprint density at radius 2 is 1.83 bits per heavy atom. The van der Waals surface area contributed by atoms with Gasteiger partial charge in [-0.05, 0) is 20.8 Å². The highest BCUT2D eigenvalue weighted by Gasteiger charge is 2.54. The van der Waals surface area contributed by atoms with E-state index < -0.39 is 56.7 Å². The van der Waals surface area contributed by atoms with E-state index in [1.807, 2.05) is 0 Å². The summed E-state index contributed by atoms with van der Waals surface area (Å²) in [5, 5.41) is 2.11. The van der Waals surface area contributed by atoms with Gasteiger partial charge in [0.1, 0.15) is 17.7 Å². The van der Waals surface area contributed by atoms with E-state index in [-0.39, 0.29) is 4.31 Å². The van der Waals surface area contributed by atoms with Crippen LogP contribution in [0, 0.1) is 0 Å². The van der Waals surface area contributed by atoms with Crippen LogP contribution in [-0.2, 0) is 34.1 Å². The van der Waals surface area contributed by atoms with Gasteiger partial charge < -0.3 is 10.1 Å². The first-order chi connectivity index (χ1) is 10.1. The second kappa shape index (κ2) is 6.22. The Morgan fingerprint density at radius 3 is 2.22 bits per heavy atom. The molecule has 0 aromatic rings. The van der Waals surface area contributed by atoms with Gasteiger partial charge in [-0.1, -0.05) is 0 Å². The number of β-lactam (4-membered cyclic amide) rings is 1. The number of hydrogen-bond donors (Lipinski definition) is 2. The number of alkyl carbamates (subject to hydrolysis) is 1. The predicted octanol–water partition coefficient (Wildman–Crippen LogP) is -1.13. The molecule has 0 aromatic carbocycles. The molecule has 1 rings (SSSR count). The molecule has 1 saturated heterocycles. The van der Waals surface area contributed by atoms with Crippen LogP contribution < -0.4 is 5.32 Å². The fraction of sp³-hybridized carbons (Fsp3) is 0.800. The Balaban J connectivity index is 2.88. The van der Waals surface area contributed by atoms with Gasteiger partial charge in [-0.15, -0.1) is 0 Å². The summed E-state index contributed by atoms with van der Waals surface area (Å²) < 4.78 is 62.6. The lowest BCUT2D eigenvalue weighted by atomic mass is 10.0. The van der Waals surface area contributed by atoms with E-state index in [0.29, 0.717) is 0 Å². The van der Waals surface area contributed by atoms with Crippen LogP contribution in [0.25, 0.3) is 0 Å². The largest absolute Gasteiger partial charge is 0.444 e. The van der Waals surface area contributed by atoms with Gasteiger partial charge in [-0.2, -0.15) is 16.8 Å². The van der Waals surface area contributed by atoms with Gasteiger partial charge >= 0.3 is 16.4 Å². The van der Waals surface area contributed by atoms with Crippen LogP contribution in [0.1, 0.15) is 20.8 Å². The fourth-order valence-corrected chi connectivity index (χ4v) is 3.01. The quantitative estimate of drug-likeness (QED) is 0.345. The van der Waals surface area contributed by atoms with E-state index in [1.54, 1.807) is 20.8 Å². The Kier molecular flexibility index (Phi) is 5.30. The van der Waals surface area contributed by atoms with Crippen molar-refractivity contribution in [2.24, 2.45) is 0 Å². The Bertz CT molecular complexity index is 692. The molecular weight excluding hydrogens is 356 g/mol. The van der Waals surface area contributed by atoms with Gasteiger partial charge in [0.25, 0.3) is 16.0 Å². The fourth-order valence-electron chi connectivity index (χ4n) is 1.75. The van der Waals surface area contributed by atoms with Gasteiger partial charge in [0.2, 0.25) is 0 Å². The maximum atomic E-state index is 11.8. The molecule has 0 spiro atoms. The van der Waals surface area contributed by atoms with Crippen LogP contribution in [0.5, 0.6) is 0 Å². The second-order valence-electron chi connectivity index (χ2n) is 5.79. The van der Waals surface area contributed by atoms with Crippen LogP contribution in [0.4, 0.5) is 4.79 Å². The van der Waals surface area contributed by atoms with Crippen molar-refractivity contribution in [2.75, 3.05) is 12.9 Å². The summed E-state index contributed by atoms with van der Waals surface area (Å²) in [5.74, 6) is -1.14. The van der Waals surface area contributed by atoms with Crippen molar-refractivity contribution in [2.45, 2.75) is 38.5 Å². The number of carbonyl (C=O) groups excluding carboxylic acids is 2. The first-order valence-corrected chi connectivity index (χ1v) is 9.48. The molecule has 0 unspecified atom stereocenters. The number of hydrogen-bond acceptors (Lipinski definition) is 8. The van der Waals surface area contributed by atoms with E-state index in [9.17, 15) is 26.4 Å². The van der Waals surface area contributed by atoms with E-state index in [1.165, 1.54) is 0 Å². The SMILES string of the molecule is CC(C)(C)OC(=O)N[C@H]1C(=O)N(S(=O)(=O)O)[C@H]1COS(C)(=O)=O. The number of amides is 2. The lowest BCUT2D eigenvalue weighted by Gasteiger charge is -2.43. The van der Waals surface area contributed by atoms with E-state index >= 15 is 0 Å². The maximum Gasteiger partial charge on any atom is 0.408 e. The molecule has 2 atom stereocenters. The smallest absolute Gasteiger partial charge is 0.408 e. The van der Waals surface area contributed by atoms with Crippen LogP contribution in [-0.4, -0.2) is 68.2 Å². The highest BCUT2D eigenvalue weighted by molar-refractivity contribution is 7.86. The Hall–Kier alpha value is -1.44. The minimum atomic E-state index is -4.92. The molecule has 1 fully saturated rings. The maximum absolute atomic E-state index is 11.8. The standard InChI is InChI=1S/C10H18N2O9S2/c1-10(2,3)21-9(14)11-7-6(5-20-22(4,15)16)12(8(7)13)23(17,18)19/h6-7H,5H2,1-4H3,(H,11,14)(H,17,18,19)/t6-,7+/m0/s1. The normalized spacial score (nSPS) is 22.5. The number of nitrogens with zero attached hydrogens (tertiary/aromatic N) is 1. The average molecular weight is 374 g/mol. The van der Waals surface area contributed by atoms with E-state index in [0.717, 1.165) is 6.26 Å². The summed E-state index contributed by atoms with van der Waals surface area (Å²) in [6.07, 6.45) is -0.281. The van der Waals surface area contributed by atoms with Crippen molar-refractivity contribution in [3.8, 4) is 0 Å². The summed E-state index contributed by atoms with van der Waals surface area (Å²) in [6, 6.07) is -2.83. The monoisotopic (exact) mass is 374 g/mol. The summed E-state index contributed by atoms with van der Waals surface area (Å²) in [5.41, 5.74) is -0.863. The molecule has 13 heteroatoms. The predicted molar refractivity (Wildman–Crippen MR) is 76.1 cm³/mol. The topological polar surface area (TPSA) is 156 Å². The third kappa shape index (κ3) is 5.60. The molecule has 2 amide bonds. The third-order valence-electron chi connectivity index (χ3n) is 2.54. The molecule has 0 aliphatic carbocycles. The van der Waals surface area contributed by atoms with E-state index in [4.69, 9.17) is 9.29 Å². The molecule has 2 N–H and O–H groups in total. The minimum absolute atomic E-state index is 0.0280. The molecule has 1 aliphatic rings. The van der Waals surface area contributed by atoms with Crippen molar-refractivity contribution < 1.29 is 39.9 Å². The molecule has 0 radical (unpaired) electrons. The molecule has 0 saturated carbocycles. The Labute approximate surface area is 133 Å². The summed E-state index contributed by atoms with van der Waals surface area (Å²) in [4.78, 5) is 23.4. The molecule has 1 aliphatic heterocycles. The third-order valence-corrected chi connectivity index (χ3v) is 4.06. The van der Waals surface area contributed by atoms with Crippen LogP contribution in [0.15, 0.2) is 0 Å². The second-order valence-corrected chi connectivity index (χ2v) is 8.72. The molecule has 0 bridgehead atoms. The van der Waals surface area contributed by atoms with Gasteiger partial charge in [0, 0.05) is 0 Å². The molecule has 1 heterocycles. The molecule has 23 heavy (non-hydrogen) atoms. The van der Waals surface area contributed by atoms with Gasteiger partial charge in [0.05, 0.1) is 12.9 Å². The lowest BCUT2D eigenvalue weighted by molar-refractivity contribution is -0.143. The van der Waals surface area contributed by atoms with Crippen LogP contribution >= 0.6 is 0 Å². The number of rotatable bonds is 5. The Morgan fingerprint density at radius 1 is 1.30 bits per heavy atom. The lowest BCUT2D eigenvalue weighted by Crippen LogP contribution is -2.73.